The number of nitrogens with zero attached hydrogens (tertiary/aromatic N) is 15. The molecule has 35 heteroatoms. The van der Waals surface area contributed by atoms with Crippen LogP contribution in [0.5, 0.6) is 17.2 Å². The van der Waals surface area contributed by atoms with Crippen molar-refractivity contribution in [3.63, 3.8) is 0 Å². The van der Waals surface area contributed by atoms with E-state index in [2.05, 4.69) is 30.6 Å². The Kier molecular flexibility index (Phi) is 28.1. The van der Waals surface area contributed by atoms with E-state index in [1.807, 2.05) is 41.5 Å². The number of thiophene rings is 3. The molecule has 0 spiro atoms. The number of carbonyl (C=O) groups excluding carboxylic acids is 2. The summed E-state index contributed by atoms with van der Waals surface area (Å²) in [7, 11) is 4.48. The van der Waals surface area contributed by atoms with Gasteiger partial charge in [-0.1, -0.05) is 138 Å². The topological polar surface area (TPSA) is 410 Å². The van der Waals surface area contributed by atoms with Gasteiger partial charge in [-0.25, -0.2) is 32.9 Å². The average molecular weight is 1570 g/mol. The Morgan fingerprint density at radius 1 is 0.427 bits per heavy atom. The van der Waals surface area contributed by atoms with E-state index in [-0.39, 0.29) is 73.5 Å². The number of benzene rings is 3. The molecule has 0 aliphatic carbocycles. The van der Waals surface area contributed by atoms with Crippen LogP contribution in [0, 0.1) is 32.6 Å². The van der Waals surface area contributed by atoms with Crippen molar-refractivity contribution >= 4 is 82.2 Å². The maximum absolute atomic E-state index is 13.8. The second-order valence-electron chi connectivity index (χ2n) is 26.8. The number of nitrogens with two attached hydrogens (primary N) is 1. The number of para-hydroxylation sites is 3. The van der Waals surface area contributed by atoms with Crippen molar-refractivity contribution in [2.45, 2.75) is 165 Å². The molecule has 3 aromatic carbocycles. The maximum atomic E-state index is 13.8. The molecule has 9 aromatic heterocycles. The largest absolute Gasteiger partial charge is 0.496 e. The van der Waals surface area contributed by atoms with Gasteiger partial charge < -0.3 is 40.4 Å². The molecule has 6 N–H and O–H groups in total. The number of fused-ring (bicyclic) bond motifs is 3. The van der Waals surface area contributed by atoms with Crippen LogP contribution in [0.25, 0.3) is 45.7 Å². The number of ether oxygens (including phenoxy) is 3. The van der Waals surface area contributed by atoms with E-state index in [1.165, 1.54) is 116 Å². The maximum Gasteiger partial charge on any atom is 0.333 e. The van der Waals surface area contributed by atoms with Gasteiger partial charge in [-0.05, 0) is 77.6 Å². The second kappa shape index (κ2) is 36.5. The molecule has 6 atom stereocenters. The molecule has 0 aliphatic rings. The van der Waals surface area contributed by atoms with Crippen molar-refractivity contribution in [1.82, 2.24) is 72.4 Å². The molecule has 0 radical (unpaired) electrons. The minimum Gasteiger partial charge on any atom is -0.496 e. The van der Waals surface area contributed by atoms with Crippen LogP contribution in [0.15, 0.2) is 139 Å². The van der Waals surface area contributed by atoms with Crippen LogP contribution in [0.3, 0.4) is 0 Å². The summed E-state index contributed by atoms with van der Waals surface area (Å²) in [6.45, 7) is 20.6. The summed E-state index contributed by atoms with van der Waals surface area (Å²) in [5.41, 5.74) is 4.28. The smallest absolute Gasteiger partial charge is 0.333 e. The van der Waals surface area contributed by atoms with Crippen LogP contribution in [0.1, 0.15) is 152 Å². The third-order valence-corrected chi connectivity index (χ3v) is 21.5. The lowest BCUT2D eigenvalue weighted by atomic mass is 10.0. The zero-order chi connectivity index (χ0) is 79.7. The van der Waals surface area contributed by atoms with E-state index >= 15 is 0 Å². The van der Waals surface area contributed by atoms with E-state index in [0.29, 0.717) is 96.7 Å². The van der Waals surface area contributed by atoms with Gasteiger partial charge in [0, 0.05) is 46.2 Å². The quantitative estimate of drug-likeness (QED) is 0.0357. The number of carboxylic acid groups (broad SMARTS) is 1. The first-order valence-electron chi connectivity index (χ1n) is 34.7. The minimum atomic E-state index is -1.41. The van der Waals surface area contributed by atoms with Gasteiger partial charge in [0.25, 0.3) is 16.7 Å². The number of carbonyl (C=O) groups is 3. The summed E-state index contributed by atoms with van der Waals surface area (Å²) >= 11 is 3.48. The molecular formula is C75H92N16O16S3. The zero-order valence-corrected chi connectivity index (χ0v) is 65.3. The molecule has 110 heavy (non-hydrogen) atoms. The van der Waals surface area contributed by atoms with Gasteiger partial charge in [-0.2, -0.15) is 30.6 Å². The van der Waals surface area contributed by atoms with Crippen molar-refractivity contribution in [1.29, 1.82) is 0 Å². The van der Waals surface area contributed by atoms with Crippen LogP contribution in [-0.4, -0.2) is 138 Å². The molecule has 0 fully saturated rings. The first kappa shape index (κ1) is 84.7. The number of hydrogen-bond donors (Lipinski definition) is 5. The summed E-state index contributed by atoms with van der Waals surface area (Å²) in [5.74, 6) is -0.190. The van der Waals surface area contributed by atoms with Crippen molar-refractivity contribution < 1.29 is 49.0 Å². The van der Waals surface area contributed by atoms with E-state index in [0.717, 1.165) is 20.5 Å². The number of hydrogen-bond acceptors (Lipinski definition) is 25. The Morgan fingerprint density at radius 2 is 0.664 bits per heavy atom. The van der Waals surface area contributed by atoms with Gasteiger partial charge in [0.1, 0.15) is 71.1 Å². The molecule has 0 saturated heterocycles. The Hall–Kier alpha value is -11.0. The minimum absolute atomic E-state index is 0. The highest BCUT2D eigenvalue weighted by molar-refractivity contribution is 7.22. The van der Waals surface area contributed by atoms with Crippen molar-refractivity contribution in [3.05, 3.63) is 206 Å². The van der Waals surface area contributed by atoms with Crippen LogP contribution in [-0.2, 0) is 34.0 Å². The molecule has 2 unspecified atom stereocenters. The highest BCUT2D eigenvalue weighted by atomic mass is 32.1. The molecule has 0 aliphatic heterocycles. The number of Topliss-reactive ketones (excluding diaryl/α,β-unsaturated/α-hetero) is 2. The van der Waals surface area contributed by atoms with Gasteiger partial charge in [0.05, 0.1) is 106 Å². The number of rotatable bonds is 25. The van der Waals surface area contributed by atoms with E-state index in [9.17, 15) is 63.6 Å². The van der Waals surface area contributed by atoms with Gasteiger partial charge in [-0.3, -0.25) is 37.7 Å². The highest BCUT2D eigenvalue weighted by Crippen LogP contribution is 2.37. The van der Waals surface area contributed by atoms with Gasteiger partial charge in [0.2, 0.25) is 0 Å². The Bertz CT molecular complexity index is 5390. The van der Waals surface area contributed by atoms with Crippen molar-refractivity contribution in [2.75, 3.05) is 21.3 Å². The van der Waals surface area contributed by atoms with Gasteiger partial charge in [-0.15, -0.1) is 14.4 Å². The SMILES string of the molecule is C.CC(C)N.COc1ccccc1[C@@H](O)Cn1c(=O)n(C(C)C(=O)CC(C)C)c(=O)c2c(C)c(-n3nccn3)sc21.COc1ccccc1[C@@H](O)Cn1c(=O)n(C(C)C(=O)O)c(=O)c2c(C)c(-n3nccn3)sc21.COc1ccccc1[C@@H](O)Cn1c(=O)n([C@H](C)C(=O)CC(C)C)c(=O)c2c(C)c(-n3nccn3)sc21. The fraction of sp³-hybridized carbons (Fsp3) is 0.400. The summed E-state index contributed by atoms with van der Waals surface area (Å²) in [5, 5.41) is 70.1. The number of ketones is 2. The monoisotopic (exact) mass is 1570 g/mol. The first-order chi connectivity index (χ1) is 51.8. The summed E-state index contributed by atoms with van der Waals surface area (Å²) in [4.78, 5) is 124. The van der Waals surface area contributed by atoms with E-state index in [1.54, 1.807) is 107 Å². The predicted molar refractivity (Wildman–Crippen MR) is 421 cm³/mol. The lowest BCUT2D eigenvalue weighted by Gasteiger charge is -2.20. The van der Waals surface area contributed by atoms with E-state index in [4.69, 9.17) is 19.9 Å². The number of aliphatic hydroxyl groups excluding tert-OH is 3. The molecule has 32 nitrogen and oxygen atoms in total. The van der Waals surface area contributed by atoms with Gasteiger partial charge >= 0.3 is 23.0 Å². The summed E-state index contributed by atoms with van der Waals surface area (Å²) in [6, 6.07) is 17.8. The van der Waals surface area contributed by atoms with Crippen molar-refractivity contribution in [3.8, 4) is 32.3 Å². The molecule has 12 aromatic rings. The Labute approximate surface area is 642 Å². The molecular weight excluding hydrogens is 1480 g/mol. The molecule has 586 valence electrons. The molecule has 0 bridgehead atoms. The van der Waals surface area contributed by atoms with Crippen LogP contribution >= 0.6 is 34.0 Å². The second-order valence-corrected chi connectivity index (χ2v) is 29.7. The number of aryl methyl sites for hydroxylation is 3. The number of aromatic nitrogens is 15. The van der Waals surface area contributed by atoms with Gasteiger partial charge in [0.15, 0.2) is 11.6 Å². The standard InChI is InChI=1S/2C25H29N5O5S.C21H21N5O6S.C3H9N.CH4/c2*1-14(2)12-18(31)16(4)29-22(33)21-15(3)23(30-26-10-11-27-30)36-24(21)28(25(29)34)13-19(32)17-8-6-7-9-20(17)35-5;1-11-16-17(28)25(12(2)20(29)30)21(31)24(19(16)33-18(11)26-22-8-9-23-26)10-14(27)13-6-4-5-7-15(13)32-3;1-3(2)4;/h2*6-11,14,16,19,32H,12-13H2,1-5H3;4-9,12,14,27H,10H2,1-3H3,(H,29,30);3H,4H2,1-2H3;1H4/t16?,19-;16-,19+;12?,14-;;/m010../s1. The van der Waals surface area contributed by atoms with Crippen LogP contribution in [0.4, 0.5) is 0 Å². The fourth-order valence-electron chi connectivity index (χ4n) is 12.3. The molecule has 0 saturated carbocycles. The first-order valence-corrected chi connectivity index (χ1v) is 37.2. The number of carboxylic acids is 1. The lowest BCUT2D eigenvalue weighted by molar-refractivity contribution is -0.140. The fourth-order valence-corrected chi connectivity index (χ4v) is 15.9. The van der Waals surface area contributed by atoms with Crippen LogP contribution < -0.4 is 53.7 Å². The summed E-state index contributed by atoms with van der Waals surface area (Å²) < 4.78 is 22.7. The Balaban J connectivity index is 0.000000201. The number of aliphatic carboxylic acids is 1. The van der Waals surface area contributed by atoms with Crippen molar-refractivity contribution in [2.24, 2.45) is 17.6 Å². The predicted octanol–water partition coefficient (Wildman–Crippen LogP) is 8.56. The third-order valence-electron chi connectivity index (χ3n) is 17.7. The number of aliphatic hydroxyl groups is 3. The zero-order valence-electron chi connectivity index (χ0n) is 62.8. The summed E-state index contributed by atoms with van der Waals surface area (Å²) in [6.07, 6.45) is 6.13. The lowest BCUT2D eigenvalue weighted by Crippen LogP contribution is -2.44. The average Bonchev–Trinajstić information content (AvgIpc) is 1.57. The molecule has 0 amide bonds. The molecule has 9 heterocycles. The highest BCUT2D eigenvalue weighted by Gasteiger charge is 2.33. The Morgan fingerprint density at radius 3 is 0.891 bits per heavy atom. The van der Waals surface area contributed by atoms with E-state index < -0.39 is 76.2 Å². The van der Waals surface area contributed by atoms with Crippen LogP contribution in [0.2, 0.25) is 0 Å². The third kappa shape index (κ3) is 17.7. The number of methoxy groups -OCH3 is 3. The molecule has 12 rings (SSSR count). The normalized spacial score (nSPS) is 13.0.